The van der Waals surface area contributed by atoms with E-state index in [0.717, 1.165) is 103 Å². The number of hydrogen-bond donors (Lipinski definition) is 0. The summed E-state index contributed by atoms with van der Waals surface area (Å²) in [5.41, 5.74) is 0. The van der Waals surface area contributed by atoms with Crippen LogP contribution in [0.15, 0.2) is 85.1 Å². The molecule has 0 radical (unpaired) electrons. The summed E-state index contributed by atoms with van der Waals surface area (Å²) in [5.74, 6) is -0.966. The molecule has 6 heteroatoms. The van der Waals surface area contributed by atoms with E-state index < -0.39 is 6.10 Å². The minimum atomic E-state index is -0.800. The summed E-state index contributed by atoms with van der Waals surface area (Å²) >= 11 is 0. The molecule has 0 aliphatic heterocycles. The predicted molar refractivity (Wildman–Crippen MR) is 270 cm³/mol. The van der Waals surface area contributed by atoms with Gasteiger partial charge in [-0.05, 0) is 83.5 Å². The zero-order valence-electron chi connectivity index (χ0n) is 41.1. The van der Waals surface area contributed by atoms with Gasteiger partial charge in [0.05, 0.1) is 0 Å². The van der Waals surface area contributed by atoms with Crippen molar-refractivity contribution in [2.75, 3.05) is 13.2 Å². The summed E-state index contributed by atoms with van der Waals surface area (Å²) in [6, 6.07) is 0. The molecule has 0 amide bonds. The Balaban J connectivity index is 4.41. The molecule has 360 valence electrons. The van der Waals surface area contributed by atoms with Crippen molar-refractivity contribution in [1.29, 1.82) is 0 Å². The van der Waals surface area contributed by atoms with Gasteiger partial charge in [-0.3, -0.25) is 14.4 Å². The zero-order valence-corrected chi connectivity index (χ0v) is 41.1. The largest absolute Gasteiger partial charge is 0.462 e. The molecule has 0 aliphatic rings. The Kier molecular flexibility index (Phi) is 48.5. The van der Waals surface area contributed by atoms with Crippen LogP contribution in [0.25, 0.3) is 0 Å². The van der Waals surface area contributed by atoms with Gasteiger partial charge in [-0.25, -0.2) is 0 Å². The lowest BCUT2D eigenvalue weighted by Gasteiger charge is -2.18. The van der Waals surface area contributed by atoms with Crippen molar-refractivity contribution >= 4 is 17.9 Å². The smallest absolute Gasteiger partial charge is 0.306 e. The van der Waals surface area contributed by atoms with Gasteiger partial charge in [0, 0.05) is 19.3 Å². The number of carbonyl (C=O) groups excluding carboxylic acids is 3. The van der Waals surface area contributed by atoms with Crippen LogP contribution in [0.2, 0.25) is 0 Å². The van der Waals surface area contributed by atoms with E-state index in [1.165, 1.54) is 89.9 Å². The third-order valence-electron chi connectivity index (χ3n) is 10.9. The second-order valence-electron chi connectivity index (χ2n) is 17.0. The molecule has 0 bridgehead atoms. The van der Waals surface area contributed by atoms with Crippen molar-refractivity contribution in [3.05, 3.63) is 85.1 Å². The molecule has 0 saturated heterocycles. The van der Waals surface area contributed by atoms with Gasteiger partial charge in [-0.2, -0.15) is 0 Å². The molecule has 0 spiro atoms. The predicted octanol–water partition coefficient (Wildman–Crippen LogP) is 17.2. The van der Waals surface area contributed by atoms with Gasteiger partial charge < -0.3 is 14.2 Å². The molecule has 0 rings (SSSR count). The van der Waals surface area contributed by atoms with Crippen molar-refractivity contribution < 1.29 is 28.6 Å². The van der Waals surface area contributed by atoms with Crippen molar-refractivity contribution in [2.45, 2.75) is 245 Å². The van der Waals surface area contributed by atoms with E-state index in [9.17, 15) is 14.4 Å². The monoisotopic (exact) mass is 877 g/mol. The van der Waals surface area contributed by atoms with Crippen molar-refractivity contribution in [3.8, 4) is 0 Å². The van der Waals surface area contributed by atoms with Crippen LogP contribution in [0.4, 0.5) is 0 Å². The molecule has 0 saturated carbocycles. The van der Waals surface area contributed by atoms with Crippen LogP contribution in [-0.2, 0) is 28.6 Å². The molecule has 0 aliphatic carbocycles. The molecule has 1 unspecified atom stereocenters. The summed E-state index contributed by atoms with van der Waals surface area (Å²) < 4.78 is 16.7. The van der Waals surface area contributed by atoms with Crippen LogP contribution in [0.1, 0.15) is 239 Å². The lowest BCUT2D eigenvalue weighted by atomic mass is 10.0. The van der Waals surface area contributed by atoms with Crippen LogP contribution in [0.5, 0.6) is 0 Å². The van der Waals surface area contributed by atoms with E-state index >= 15 is 0 Å². The lowest BCUT2D eigenvalue weighted by Crippen LogP contribution is -2.30. The van der Waals surface area contributed by atoms with Gasteiger partial charge in [0.2, 0.25) is 0 Å². The highest BCUT2D eigenvalue weighted by molar-refractivity contribution is 5.71. The fraction of sp³-hybridized carbons (Fsp3) is 0.702. The van der Waals surface area contributed by atoms with Gasteiger partial charge in [0.15, 0.2) is 6.10 Å². The third-order valence-corrected chi connectivity index (χ3v) is 10.9. The Hall–Kier alpha value is -3.41. The minimum Gasteiger partial charge on any atom is -0.462 e. The number of carbonyl (C=O) groups is 3. The van der Waals surface area contributed by atoms with Gasteiger partial charge >= 0.3 is 17.9 Å². The molecule has 0 heterocycles. The number of ether oxygens (including phenoxy) is 3. The van der Waals surface area contributed by atoms with Crippen LogP contribution >= 0.6 is 0 Å². The van der Waals surface area contributed by atoms with Crippen molar-refractivity contribution in [3.63, 3.8) is 0 Å². The maximum absolute atomic E-state index is 12.8. The average molecular weight is 877 g/mol. The molecule has 6 nitrogen and oxygen atoms in total. The normalized spacial score (nSPS) is 12.7. The topological polar surface area (TPSA) is 78.9 Å². The fourth-order valence-electron chi connectivity index (χ4n) is 7.04. The van der Waals surface area contributed by atoms with Crippen LogP contribution in [0.3, 0.4) is 0 Å². The Morgan fingerprint density at radius 1 is 0.333 bits per heavy atom. The van der Waals surface area contributed by atoms with Gasteiger partial charge in [0.25, 0.3) is 0 Å². The number of rotatable bonds is 46. The fourth-order valence-corrected chi connectivity index (χ4v) is 7.04. The first-order valence-electron chi connectivity index (χ1n) is 26.1. The molecule has 0 aromatic rings. The van der Waals surface area contributed by atoms with Gasteiger partial charge in [-0.15, -0.1) is 0 Å². The SMILES string of the molecule is CC/C=C\C/C=C\C/C=C\C/C=C\CCCCCCCCC(=O)OCC(COC(=O)CCC/C=C\C/C=C\C/C=C\CC)OC(=O)CCCCCCCCCCCCCCCCC. The van der Waals surface area contributed by atoms with Crippen LogP contribution in [0, 0.1) is 0 Å². The Morgan fingerprint density at radius 3 is 1.03 bits per heavy atom. The van der Waals surface area contributed by atoms with E-state index in [1.807, 2.05) is 0 Å². The highest BCUT2D eigenvalue weighted by atomic mass is 16.6. The van der Waals surface area contributed by atoms with E-state index in [2.05, 4.69) is 106 Å². The highest BCUT2D eigenvalue weighted by Crippen LogP contribution is 2.15. The van der Waals surface area contributed by atoms with Crippen molar-refractivity contribution in [2.24, 2.45) is 0 Å². The Bertz CT molecular complexity index is 1240. The van der Waals surface area contributed by atoms with E-state index in [4.69, 9.17) is 14.2 Å². The summed E-state index contributed by atoms with van der Waals surface area (Å²) in [4.78, 5) is 37.9. The summed E-state index contributed by atoms with van der Waals surface area (Å²) in [6.07, 6.45) is 65.8. The maximum Gasteiger partial charge on any atom is 0.306 e. The average Bonchev–Trinajstić information content (AvgIpc) is 3.28. The number of esters is 3. The number of hydrogen-bond acceptors (Lipinski definition) is 6. The molecule has 0 N–H and O–H groups in total. The molecular weight excluding hydrogens is 781 g/mol. The first kappa shape index (κ1) is 59.6. The van der Waals surface area contributed by atoms with E-state index in [-0.39, 0.29) is 37.5 Å². The first-order valence-corrected chi connectivity index (χ1v) is 26.1. The number of allylic oxidation sites excluding steroid dienone is 14. The van der Waals surface area contributed by atoms with Crippen molar-refractivity contribution in [1.82, 2.24) is 0 Å². The minimum absolute atomic E-state index is 0.0987. The maximum atomic E-state index is 12.8. The van der Waals surface area contributed by atoms with Gasteiger partial charge in [0.1, 0.15) is 13.2 Å². The van der Waals surface area contributed by atoms with Crippen LogP contribution < -0.4 is 0 Å². The second-order valence-corrected chi connectivity index (χ2v) is 17.0. The molecule has 63 heavy (non-hydrogen) atoms. The molecule has 0 aromatic carbocycles. The van der Waals surface area contributed by atoms with Gasteiger partial charge in [-0.1, -0.05) is 221 Å². The molecule has 0 aromatic heterocycles. The molecule has 1 atom stereocenters. The molecule has 0 fully saturated rings. The number of unbranched alkanes of at least 4 members (excludes halogenated alkanes) is 21. The first-order chi connectivity index (χ1) is 31.0. The standard InChI is InChI=1S/C57H96O6/c1-4-7-10-13-16-19-22-24-26-27-28-29-31-32-35-38-41-44-47-50-56(59)62-53-54(52-61-55(58)49-46-43-40-37-34-21-18-15-12-9-6-3)63-57(60)51-48-45-42-39-36-33-30-25-23-20-17-14-11-8-5-2/h7,9-10,12,16,18-19,21,24,26,28-29,37,40,54H,4-6,8,11,13-15,17,20,22-23,25,27,30-36,38-39,41-53H2,1-3H3/b10-7-,12-9-,19-16-,21-18-,26-24-,29-28-,40-37-. The summed E-state index contributed by atoms with van der Waals surface area (Å²) in [6.45, 7) is 6.35. The van der Waals surface area contributed by atoms with Crippen LogP contribution in [-0.4, -0.2) is 37.2 Å². The lowest BCUT2D eigenvalue weighted by molar-refractivity contribution is -0.167. The summed E-state index contributed by atoms with van der Waals surface area (Å²) in [5, 5.41) is 0. The molecular formula is C57H96O6. The summed E-state index contributed by atoms with van der Waals surface area (Å²) in [7, 11) is 0. The highest BCUT2D eigenvalue weighted by Gasteiger charge is 2.19. The second kappa shape index (κ2) is 51.2. The Morgan fingerprint density at radius 2 is 0.635 bits per heavy atom. The zero-order chi connectivity index (χ0) is 45.8. The quantitative estimate of drug-likeness (QED) is 0.0262. The Labute approximate surface area is 388 Å². The van der Waals surface area contributed by atoms with E-state index in [1.54, 1.807) is 0 Å². The third kappa shape index (κ3) is 49.5. The van der Waals surface area contributed by atoms with E-state index in [0.29, 0.717) is 19.3 Å².